The highest BCUT2D eigenvalue weighted by atomic mass is 32.2. The molecule has 0 spiro atoms. The third kappa shape index (κ3) is 5.60. The minimum absolute atomic E-state index is 0.00642. The quantitative estimate of drug-likeness (QED) is 0.790. The van der Waals surface area contributed by atoms with Crippen molar-refractivity contribution in [3.63, 3.8) is 0 Å². The average Bonchev–Trinajstić information content (AvgIpc) is 3.05. The number of alkyl halides is 3. The number of sulfone groups is 1. The maximum atomic E-state index is 12.6. The van der Waals surface area contributed by atoms with Gasteiger partial charge in [-0.05, 0) is 57.5 Å². The molecule has 2 rings (SSSR count). The summed E-state index contributed by atoms with van der Waals surface area (Å²) in [5.41, 5.74) is -0.735. The van der Waals surface area contributed by atoms with Crippen LogP contribution in [-0.4, -0.2) is 38.6 Å². The van der Waals surface area contributed by atoms with Crippen LogP contribution in [0.4, 0.5) is 13.2 Å². The van der Waals surface area contributed by atoms with Crippen LogP contribution in [0.1, 0.15) is 32.3 Å². The molecule has 1 aromatic carbocycles. The molecule has 1 fully saturated rings. The molecule has 1 aliphatic heterocycles. The normalized spacial score (nSPS) is 20.0. The summed E-state index contributed by atoms with van der Waals surface area (Å²) in [6.07, 6.45) is -3.56. The molecule has 142 valence electrons. The monoisotopic (exact) mass is 379 g/mol. The summed E-state index contributed by atoms with van der Waals surface area (Å²) in [5, 5.41) is 2.75. The fourth-order valence-corrected chi connectivity index (χ4v) is 3.83. The Bertz CT molecular complexity index is 651. The second-order valence-corrected chi connectivity index (χ2v) is 9.31. The number of hydrogen-bond acceptors (Lipinski definition) is 4. The van der Waals surface area contributed by atoms with Crippen molar-refractivity contribution < 1.29 is 26.3 Å². The molecule has 1 saturated heterocycles. The van der Waals surface area contributed by atoms with Gasteiger partial charge in [-0.2, -0.15) is 13.2 Å². The van der Waals surface area contributed by atoms with Crippen molar-refractivity contribution in [3.8, 4) is 5.75 Å². The lowest BCUT2D eigenvalue weighted by molar-refractivity contribution is -0.137. The lowest BCUT2D eigenvalue weighted by Crippen LogP contribution is -2.32. The Morgan fingerprint density at radius 1 is 1.24 bits per heavy atom. The average molecular weight is 379 g/mol. The van der Waals surface area contributed by atoms with Crippen LogP contribution in [0.15, 0.2) is 24.3 Å². The van der Waals surface area contributed by atoms with E-state index < -0.39 is 26.8 Å². The van der Waals surface area contributed by atoms with Gasteiger partial charge in [0.15, 0.2) is 9.84 Å². The third-order valence-corrected chi connectivity index (χ3v) is 6.74. The minimum Gasteiger partial charge on any atom is -0.490 e. The molecule has 8 heteroatoms. The number of hydrogen-bond donors (Lipinski definition) is 1. The minimum atomic E-state index is -4.39. The summed E-state index contributed by atoms with van der Waals surface area (Å²) in [6.45, 7) is 4.82. The molecule has 0 amide bonds. The topological polar surface area (TPSA) is 55.4 Å². The van der Waals surface area contributed by atoms with Gasteiger partial charge < -0.3 is 10.1 Å². The first-order chi connectivity index (χ1) is 11.6. The number of benzene rings is 1. The van der Waals surface area contributed by atoms with Crippen LogP contribution in [0.5, 0.6) is 5.75 Å². The summed E-state index contributed by atoms with van der Waals surface area (Å²) < 4.78 is 67.9. The van der Waals surface area contributed by atoms with Gasteiger partial charge in [0.2, 0.25) is 0 Å². The molecule has 1 N–H and O–H groups in total. The second-order valence-electron chi connectivity index (χ2n) is 6.64. The summed E-state index contributed by atoms with van der Waals surface area (Å²) >= 11 is 0. The van der Waals surface area contributed by atoms with E-state index in [-0.39, 0.29) is 17.8 Å². The standard InChI is InChI=1S/C17H24F3NO3S/c1-12(2)25(22,23)10-8-16(13-7-9-21-11-13)24-15-5-3-14(4-6-15)17(18,19)20/h3-6,12-13,16,21H,7-11H2,1-2H3/t13?,16-/m0/s1. The van der Waals surface area contributed by atoms with Crippen LogP contribution in [-0.2, 0) is 16.0 Å². The molecule has 4 nitrogen and oxygen atoms in total. The van der Waals surface area contributed by atoms with E-state index in [1.54, 1.807) is 13.8 Å². The van der Waals surface area contributed by atoms with Gasteiger partial charge in [0, 0.05) is 12.5 Å². The molecule has 1 aliphatic rings. The molecule has 25 heavy (non-hydrogen) atoms. The lowest BCUT2D eigenvalue weighted by atomic mass is 9.99. The predicted molar refractivity (Wildman–Crippen MR) is 90.4 cm³/mol. The Labute approximate surface area is 146 Å². The van der Waals surface area contributed by atoms with Crippen molar-refractivity contribution in [1.82, 2.24) is 5.32 Å². The first-order valence-corrected chi connectivity index (χ1v) is 10.1. The molecule has 0 saturated carbocycles. The van der Waals surface area contributed by atoms with Crippen LogP contribution < -0.4 is 10.1 Å². The maximum Gasteiger partial charge on any atom is 0.416 e. The zero-order valence-corrected chi connectivity index (χ0v) is 15.2. The smallest absolute Gasteiger partial charge is 0.416 e. The number of halogens is 3. The molecule has 1 unspecified atom stereocenters. The van der Waals surface area contributed by atoms with Gasteiger partial charge >= 0.3 is 6.18 Å². The van der Waals surface area contributed by atoms with E-state index in [4.69, 9.17) is 4.74 Å². The first kappa shape index (κ1) is 20.0. The van der Waals surface area contributed by atoms with E-state index in [1.165, 1.54) is 12.1 Å². The Morgan fingerprint density at radius 2 is 1.88 bits per heavy atom. The lowest BCUT2D eigenvalue weighted by Gasteiger charge is -2.25. The second kappa shape index (κ2) is 7.95. The van der Waals surface area contributed by atoms with Crippen LogP contribution in [0, 0.1) is 5.92 Å². The highest BCUT2D eigenvalue weighted by Gasteiger charge is 2.31. The van der Waals surface area contributed by atoms with E-state index in [0.717, 1.165) is 25.1 Å². The fraction of sp³-hybridized carbons (Fsp3) is 0.647. The van der Waals surface area contributed by atoms with E-state index in [1.807, 2.05) is 0 Å². The van der Waals surface area contributed by atoms with Gasteiger partial charge in [-0.15, -0.1) is 0 Å². The van der Waals surface area contributed by atoms with Gasteiger partial charge in [-0.25, -0.2) is 8.42 Å². The molecule has 2 atom stereocenters. The van der Waals surface area contributed by atoms with E-state index in [2.05, 4.69) is 5.32 Å². The molecule has 0 radical (unpaired) electrons. The van der Waals surface area contributed by atoms with Crippen molar-refractivity contribution in [2.75, 3.05) is 18.8 Å². The largest absolute Gasteiger partial charge is 0.490 e. The number of rotatable bonds is 7. The molecular weight excluding hydrogens is 355 g/mol. The zero-order valence-electron chi connectivity index (χ0n) is 14.3. The zero-order chi connectivity index (χ0) is 18.7. The van der Waals surface area contributed by atoms with Crippen LogP contribution in [0.25, 0.3) is 0 Å². The van der Waals surface area contributed by atoms with E-state index in [9.17, 15) is 21.6 Å². The van der Waals surface area contributed by atoms with Crippen LogP contribution >= 0.6 is 0 Å². The number of ether oxygens (including phenoxy) is 1. The molecule has 0 aliphatic carbocycles. The molecule has 1 heterocycles. The molecular formula is C17H24F3NO3S. The molecule has 0 aromatic heterocycles. The molecule has 1 aromatic rings. The van der Waals surface area contributed by atoms with Crippen LogP contribution in [0.3, 0.4) is 0 Å². The predicted octanol–water partition coefficient (Wildman–Crippen LogP) is 3.28. The summed E-state index contributed by atoms with van der Waals surface area (Å²) in [6, 6.07) is 4.53. The van der Waals surface area contributed by atoms with Crippen molar-refractivity contribution >= 4 is 9.84 Å². The van der Waals surface area contributed by atoms with E-state index in [0.29, 0.717) is 18.7 Å². The Morgan fingerprint density at radius 3 is 2.36 bits per heavy atom. The maximum absolute atomic E-state index is 12.6. The summed E-state index contributed by atoms with van der Waals surface area (Å²) in [5.74, 6) is 0.475. The summed E-state index contributed by atoms with van der Waals surface area (Å²) in [7, 11) is -3.19. The number of nitrogens with one attached hydrogen (secondary N) is 1. The SMILES string of the molecule is CC(C)S(=O)(=O)CC[C@H](Oc1ccc(C(F)(F)F)cc1)C1CCNC1. The van der Waals surface area contributed by atoms with Gasteiger partial charge in [0.25, 0.3) is 0 Å². The first-order valence-electron chi connectivity index (χ1n) is 8.36. The molecule has 0 bridgehead atoms. The third-order valence-electron chi connectivity index (χ3n) is 4.50. The summed E-state index contributed by atoms with van der Waals surface area (Å²) in [4.78, 5) is 0. The Hall–Kier alpha value is -1.28. The Balaban J connectivity index is 2.08. The van der Waals surface area contributed by atoms with E-state index >= 15 is 0 Å². The van der Waals surface area contributed by atoms with Crippen molar-refractivity contribution in [2.24, 2.45) is 5.92 Å². The van der Waals surface area contributed by atoms with Crippen molar-refractivity contribution in [1.29, 1.82) is 0 Å². The van der Waals surface area contributed by atoms with Gasteiger partial charge in [0.1, 0.15) is 11.9 Å². The fourth-order valence-electron chi connectivity index (χ4n) is 2.80. The van der Waals surface area contributed by atoms with Crippen LogP contribution in [0.2, 0.25) is 0 Å². The van der Waals surface area contributed by atoms with Gasteiger partial charge in [0.05, 0.1) is 16.6 Å². The van der Waals surface area contributed by atoms with Gasteiger partial charge in [-0.3, -0.25) is 0 Å². The highest BCUT2D eigenvalue weighted by molar-refractivity contribution is 7.91. The van der Waals surface area contributed by atoms with Crippen molar-refractivity contribution in [2.45, 2.75) is 44.2 Å². The Kier molecular flexibility index (Phi) is 6.37. The van der Waals surface area contributed by atoms with Crippen molar-refractivity contribution in [3.05, 3.63) is 29.8 Å². The highest BCUT2D eigenvalue weighted by Crippen LogP contribution is 2.31. The van der Waals surface area contributed by atoms with Gasteiger partial charge in [-0.1, -0.05) is 0 Å².